The number of anilines is 1. The lowest BCUT2D eigenvalue weighted by Crippen LogP contribution is -2.39. The van der Waals surface area contributed by atoms with Gasteiger partial charge in [-0.15, -0.1) is 0 Å². The van der Waals surface area contributed by atoms with Gasteiger partial charge in [-0.25, -0.2) is 0 Å². The summed E-state index contributed by atoms with van der Waals surface area (Å²) in [5, 5.41) is 5.52. The highest BCUT2D eigenvalue weighted by Crippen LogP contribution is 2.31. The molecule has 2 amide bonds. The summed E-state index contributed by atoms with van der Waals surface area (Å²) in [5.41, 5.74) is 3.66. The van der Waals surface area contributed by atoms with Gasteiger partial charge in [-0.1, -0.05) is 30.3 Å². The van der Waals surface area contributed by atoms with Crippen LogP contribution in [0.1, 0.15) is 16.7 Å². The number of carbonyl (C=O) groups excluding carboxylic acids is 2. The Morgan fingerprint density at radius 3 is 2.24 bits per heavy atom. The normalized spacial score (nSPS) is 10.6. The number of nitrogens with zero attached hydrogens (tertiary/aromatic N) is 1. The summed E-state index contributed by atoms with van der Waals surface area (Å²) < 4.78 is 10.7. The Labute approximate surface area is 172 Å². The Morgan fingerprint density at radius 2 is 1.62 bits per heavy atom. The minimum atomic E-state index is -0.257. The van der Waals surface area contributed by atoms with Crippen molar-refractivity contribution >= 4 is 17.5 Å². The highest BCUT2D eigenvalue weighted by molar-refractivity contribution is 5.95. The number of hydrogen-bond acceptors (Lipinski definition) is 5. The number of carbonyl (C=O) groups is 2. The molecule has 2 N–H and O–H groups in total. The highest BCUT2D eigenvalue weighted by Gasteiger charge is 2.14. The predicted octanol–water partition coefficient (Wildman–Crippen LogP) is 2.51. The van der Waals surface area contributed by atoms with E-state index in [2.05, 4.69) is 10.6 Å². The third-order valence-corrected chi connectivity index (χ3v) is 4.53. The van der Waals surface area contributed by atoms with Crippen molar-refractivity contribution in [3.8, 4) is 11.5 Å². The van der Waals surface area contributed by atoms with E-state index in [1.54, 1.807) is 14.2 Å². The van der Waals surface area contributed by atoms with E-state index in [0.717, 1.165) is 22.4 Å². The second-order valence-electron chi connectivity index (χ2n) is 6.92. The average molecular weight is 399 g/mol. The van der Waals surface area contributed by atoms with Crippen molar-refractivity contribution in [1.29, 1.82) is 0 Å². The molecule has 29 heavy (non-hydrogen) atoms. The standard InChI is InChI=1S/C22H29N3O4/c1-15-8-6-9-16(2)21(15)24-19(26)12-23-20(27)14-25(3)13-17-10-7-11-18(28-4)22(17)29-5/h6-11H,12-14H2,1-5H3,(H,23,27)(H,24,26). The van der Waals surface area contributed by atoms with Crippen molar-refractivity contribution in [3.05, 3.63) is 53.1 Å². The molecule has 7 heteroatoms. The molecule has 0 aliphatic heterocycles. The number of hydrogen-bond donors (Lipinski definition) is 2. The van der Waals surface area contributed by atoms with Crippen LogP contribution in [0.15, 0.2) is 36.4 Å². The molecular weight excluding hydrogens is 370 g/mol. The highest BCUT2D eigenvalue weighted by atomic mass is 16.5. The van der Waals surface area contributed by atoms with E-state index < -0.39 is 0 Å². The molecule has 0 atom stereocenters. The minimum Gasteiger partial charge on any atom is -0.493 e. The van der Waals surface area contributed by atoms with E-state index in [0.29, 0.717) is 18.0 Å². The lowest BCUT2D eigenvalue weighted by atomic mass is 10.1. The van der Waals surface area contributed by atoms with Gasteiger partial charge in [0.2, 0.25) is 11.8 Å². The quantitative estimate of drug-likeness (QED) is 0.677. The fraction of sp³-hybridized carbons (Fsp3) is 0.364. The first-order valence-corrected chi connectivity index (χ1v) is 9.36. The number of amides is 2. The Bertz CT molecular complexity index is 847. The van der Waals surface area contributed by atoms with E-state index in [1.165, 1.54) is 0 Å². The number of benzene rings is 2. The molecule has 0 spiro atoms. The molecule has 0 aliphatic carbocycles. The second-order valence-corrected chi connectivity index (χ2v) is 6.92. The zero-order valence-electron chi connectivity index (χ0n) is 17.7. The summed E-state index contributed by atoms with van der Waals surface area (Å²) >= 11 is 0. The van der Waals surface area contributed by atoms with Gasteiger partial charge < -0.3 is 20.1 Å². The largest absolute Gasteiger partial charge is 0.493 e. The van der Waals surface area contributed by atoms with Crippen LogP contribution in [0.2, 0.25) is 0 Å². The summed E-state index contributed by atoms with van der Waals surface area (Å²) in [7, 11) is 5.00. The first kappa shape index (κ1) is 22.2. The molecule has 0 radical (unpaired) electrons. The van der Waals surface area contributed by atoms with Gasteiger partial charge in [-0.05, 0) is 38.1 Å². The SMILES string of the molecule is COc1cccc(CN(C)CC(=O)NCC(=O)Nc2c(C)cccc2C)c1OC. The van der Waals surface area contributed by atoms with Crippen LogP contribution in [-0.4, -0.2) is 51.1 Å². The van der Waals surface area contributed by atoms with Gasteiger partial charge >= 0.3 is 0 Å². The molecule has 0 bridgehead atoms. The van der Waals surface area contributed by atoms with Crippen molar-refractivity contribution in [1.82, 2.24) is 10.2 Å². The fourth-order valence-corrected chi connectivity index (χ4v) is 3.10. The van der Waals surface area contributed by atoms with E-state index >= 15 is 0 Å². The molecule has 0 aromatic heterocycles. The van der Waals surface area contributed by atoms with E-state index in [-0.39, 0.29) is 24.9 Å². The summed E-state index contributed by atoms with van der Waals surface area (Å²) in [4.78, 5) is 26.2. The lowest BCUT2D eigenvalue weighted by molar-refractivity contribution is -0.124. The van der Waals surface area contributed by atoms with Gasteiger partial charge in [0.05, 0.1) is 27.3 Å². The van der Waals surface area contributed by atoms with Crippen molar-refractivity contribution in [2.75, 3.05) is 39.7 Å². The molecule has 0 saturated heterocycles. The van der Waals surface area contributed by atoms with Crippen molar-refractivity contribution in [2.24, 2.45) is 0 Å². The Kier molecular flexibility index (Phi) is 8.03. The third kappa shape index (κ3) is 6.22. The van der Waals surface area contributed by atoms with Crippen LogP contribution in [0.4, 0.5) is 5.69 Å². The number of ether oxygens (including phenoxy) is 2. The maximum atomic E-state index is 12.2. The minimum absolute atomic E-state index is 0.0804. The Balaban J connectivity index is 1.85. The molecule has 0 saturated carbocycles. The van der Waals surface area contributed by atoms with Gasteiger partial charge in [-0.2, -0.15) is 0 Å². The lowest BCUT2D eigenvalue weighted by Gasteiger charge is -2.19. The van der Waals surface area contributed by atoms with Gasteiger partial charge in [-0.3, -0.25) is 14.5 Å². The predicted molar refractivity (Wildman–Crippen MR) is 113 cm³/mol. The molecule has 2 aromatic rings. The summed E-state index contributed by atoms with van der Waals surface area (Å²) in [6.45, 7) is 4.44. The van der Waals surface area contributed by atoms with Crippen LogP contribution >= 0.6 is 0 Å². The topological polar surface area (TPSA) is 79.9 Å². The monoisotopic (exact) mass is 399 g/mol. The van der Waals surface area contributed by atoms with E-state index in [1.807, 2.05) is 62.2 Å². The number of para-hydroxylation sites is 2. The van der Waals surface area contributed by atoms with E-state index in [4.69, 9.17) is 9.47 Å². The van der Waals surface area contributed by atoms with Crippen LogP contribution in [0.3, 0.4) is 0 Å². The van der Waals surface area contributed by atoms with Crippen LogP contribution in [0.5, 0.6) is 11.5 Å². The molecule has 0 aliphatic rings. The van der Waals surface area contributed by atoms with Crippen molar-refractivity contribution < 1.29 is 19.1 Å². The molecule has 0 fully saturated rings. The number of rotatable bonds is 9. The molecule has 7 nitrogen and oxygen atoms in total. The molecule has 0 unspecified atom stereocenters. The van der Waals surface area contributed by atoms with Crippen molar-refractivity contribution in [3.63, 3.8) is 0 Å². The van der Waals surface area contributed by atoms with Gasteiger partial charge in [0.1, 0.15) is 0 Å². The first-order valence-electron chi connectivity index (χ1n) is 9.36. The molecular formula is C22H29N3O4. The molecule has 0 heterocycles. The third-order valence-electron chi connectivity index (χ3n) is 4.53. The molecule has 2 aromatic carbocycles. The summed E-state index contributed by atoms with van der Waals surface area (Å²) in [6.07, 6.45) is 0. The van der Waals surface area contributed by atoms with Gasteiger partial charge in [0, 0.05) is 17.8 Å². The number of methoxy groups -OCH3 is 2. The second kappa shape index (κ2) is 10.5. The van der Waals surface area contributed by atoms with Gasteiger partial charge in [0.25, 0.3) is 0 Å². The van der Waals surface area contributed by atoms with Crippen LogP contribution in [-0.2, 0) is 16.1 Å². The average Bonchev–Trinajstić information content (AvgIpc) is 2.69. The van der Waals surface area contributed by atoms with Crippen LogP contribution in [0, 0.1) is 13.8 Å². The van der Waals surface area contributed by atoms with Crippen molar-refractivity contribution in [2.45, 2.75) is 20.4 Å². The van der Waals surface area contributed by atoms with Crippen LogP contribution < -0.4 is 20.1 Å². The first-order chi connectivity index (χ1) is 13.8. The number of nitrogens with one attached hydrogen (secondary N) is 2. The smallest absolute Gasteiger partial charge is 0.243 e. The van der Waals surface area contributed by atoms with Gasteiger partial charge in [0.15, 0.2) is 11.5 Å². The maximum absolute atomic E-state index is 12.2. The molecule has 156 valence electrons. The zero-order chi connectivity index (χ0) is 21.4. The molecule has 2 rings (SSSR count). The Morgan fingerprint density at radius 1 is 0.966 bits per heavy atom. The van der Waals surface area contributed by atoms with E-state index in [9.17, 15) is 9.59 Å². The Hall–Kier alpha value is -3.06. The number of likely N-dealkylation sites (N-methyl/N-ethyl adjacent to an activating group) is 1. The summed E-state index contributed by atoms with van der Waals surface area (Å²) in [5.74, 6) is 0.806. The zero-order valence-corrected chi connectivity index (χ0v) is 17.7. The van der Waals surface area contributed by atoms with Crippen LogP contribution in [0.25, 0.3) is 0 Å². The fourth-order valence-electron chi connectivity index (χ4n) is 3.10. The summed E-state index contributed by atoms with van der Waals surface area (Å²) in [6, 6.07) is 11.4. The number of aryl methyl sites for hydroxylation is 2. The maximum Gasteiger partial charge on any atom is 0.243 e.